The molecule has 0 aliphatic heterocycles. The lowest BCUT2D eigenvalue weighted by Crippen LogP contribution is -2.06. The molecule has 0 aliphatic rings. The molecule has 100 valence electrons. The molecule has 5 nitrogen and oxygen atoms in total. The van der Waals surface area contributed by atoms with Crippen molar-refractivity contribution < 1.29 is 4.74 Å². The first kappa shape index (κ1) is 13.3. The lowest BCUT2D eigenvalue weighted by Gasteiger charge is -2.13. The molecule has 0 fully saturated rings. The van der Waals surface area contributed by atoms with Gasteiger partial charge >= 0.3 is 0 Å². The summed E-state index contributed by atoms with van der Waals surface area (Å²) in [6.45, 7) is 4.98. The van der Waals surface area contributed by atoms with E-state index in [1.165, 1.54) is 0 Å². The van der Waals surface area contributed by atoms with Crippen molar-refractivity contribution in [2.45, 2.75) is 20.3 Å². The molecule has 1 N–H and O–H groups in total. The molecule has 0 radical (unpaired) electrons. The van der Waals surface area contributed by atoms with Crippen molar-refractivity contribution in [2.24, 2.45) is 0 Å². The second-order valence-electron chi connectivity index (χ2n) is 4.22. The number of nitrogens with one attached hydrogen (secondary N) is 1. The third-order valence-corrected chi connectivity index (χ3v) is 2.84. The minimum atomic E-state index is 0.659. The van der Waals surface area contributed by atoms with Crippen LogP contribution in [0.4, 0.5) is 5.82 Å². The van der Waals surface area contributed by atoms with Crippen molar-refractivity contribution >= 4 is 5.82 Å². The van der Waals surface area contributed by atoms with Gasteiger partial charge in [-0.05, 0) is 25.0 Å². The number of hydrogen-bond donors (Lipinski definition) is 1. The molecule has 2 rings (SSSR count). The van der Waals surface area contributed by atoms with Gasteiger partial charge in [-0.15, -0.1) is 0 Å². The molecule has 0 spiro atoms. The van der Waals surface area contributed by atoms with Gasteiger partial charge in [0.1, 0.15) is 12.0 Å². The van der Waals surface area contributed by atoms with Crippen LogP contribution < -0.4 is 10.1 Å². The molecular weight excluding hydrogens is 240 g/mol. The van der Waals surface area contributed by atoms with Gasteiger partial charge in [0.2, 0.25) is 0 Å². The van der Waals surface area contributed by atoms with Crippen LogP contribution in [0.1, 0.15) is 18.9 Å². The van der Waals surface area contributed by atoms with E-state index in [4.69, 9.17) is 4.74 Å². The predicted molar refractivity (Wildman–Crippen MR) is 75.3 cm³/mol. The molecular formula is C14H18N4O. The Labute approximate surface area is 113 Å². The molecule has 5 heteroatoms. The van der Waals surface area contributed by atoms with E-state index in [-0.39, 0.29) is 0 Å². The van der Waals surface area contributed by atoms with Gasteiger partial charge in [-0.25, -0.2) is 9.97 Å². The maximum atomic E-state index is 5.47. The molecule has 0 bridgehead atoms. The van der Waals surface area contributed by atoms with E-state index in [1.54, 1.807) is 25.8 Å². The van der Waals surface area contributed by atoms with Gasteiger partial charge < -0.3 is 10.1 Å². The summed E-state index contributed by atoms with van der Waals surface area (Å²) in [4.78, 5) is 12.7. The number of nitrogens with zero attached hydrogens (tertiary/aromatic N) is 3. The van der Waals surface area contributed by atoms with Crippen LogP contribution in [-0.2, 0) is 0 Å². The summed E-state index contributed by atoms with van der Waals surface area (Å²) in [5.41, 5.74) is 2.83. The average Bonchev–Trinajstić information content (AvgIpc) is 2.45. The minimum absolute atomic E-state index is 0.659. The van der Waals surface area contributed by atoms with Crippen LogP contribution >= 0.6 is 0 Å². The molecule has 0 aliphatic carbocycles. The zero-order valence-corrected chi connectivity index (χ0v) is 11.5. The fourth-order valence-corrected chi connectivity index (χ4v) is 1.84. The molecule has 0 saturated carbocycles. The zero-order valence-electron chi connectivity index (χ0n) is 11.5. The van der Waals surface area contributed by atoms with E-state index in [2.05, 4.69) is 27.2 Å². The number of rotatable bonds is 5. The molecule has 0 saturated heterocycles. The third-order valence-electron chi connectivity index (χ3n) is 2.84. The SMILES string of the molecule is CCCNc1ncnc(-c2cnccc2C)c1OC. The van der Waals surface area contributed by atoms with Gasteiger partial charge in [-0.3, -0.25) is 4.98 Å². The maximum Gasteiger partial charge on any atom is 0.187 e. The van der Waals surface area contributed by atoms with E-state index in [0.29, 0.717) is 5.75 Å². The molecule has 19 heavy (non-hydrogen) atoms. The average molecular weight is 258 g/mol. The monoisotopic (exact) mass is 258 g/mol. The number of pyridine rings is 1. The van der Waals surface area contributed by atoms with Crippen LogP contribution in [0.15, 0.2) is 24.8 Å². The largest absolute Gasteiger partial charge is 0.491 e. The van der Waals surface area contributed by atoms with E-state index in [1.807, 2.05) is 13.0 Å². The Morgan fingerprint density at radius 3 is 2.84 bits per heavy atom. The molecule has 0 aromatic carbocycles. The first-order chi connectivity index (χ1) is 9.27. The van der Waals surface area contributed by atoms with E-state index in [0.717, 1.165) is 35.6 Å². The molecule has 2 aromatic rings. The highest BCUT2D eigenvalue weighted by Crippen LogP contribution is 2.33. The summed E-state index contributed by atoms with van der Waals surface area (Å²) >= 11 is 0. The van der Waals surface area contributed by atoms with Gasteiger partial charge in [0, 0.05) is 24.5 Å². The maximum absolute atomic E-state index is 5.47. The van der Waals surface area contributed by atoms with Gasteiger partial charge in [0.05, 0.1) is 7.11 Å². The molecule has 0 unspecified atom stereocenters. The summed E-state index contributed by atoms with van der Waals surface area (Å²) in [5.74, 6) is 1.38. The Hall–Kier alpha value is -2.17. The van der Waals surface area contributed by atoms with Crippen molar-refractivity contribution in [3.8, 4) is 17.0 Å². The van der Waals surface area contributed by atoms with Crippen LogP contribution in [0.5, 0.6) is 5.75 Å². The highest BCUT2D eigenvalue weighted by molar-refractivity contribution is 5.74. The quantitative estimate of drug-likeness (QED) is 0.893. The second kappa shape index (κ2) is 6.13. The van der Waals surface area contributed by atoms with Crippen molar-refractivity contribution in [1.82, 2.24) is 15.0 Å². The van der Waals surface area contributed by atoms with Gasteiger partial charge in [-0.1, -0.05) is 6.92 Å². The normalized spacial score (nSPS) is 10.3. The molecule has 2 heterocycles. The Balaban J connectivity index is 2.49. The number of ether oxygens (including phenoxy) is 1. The second-order valence-corrected chi connectivity index (χ2v) is 4.22. The number of aryl methyl sites for hydroxylation is 1. The van der Waals surface area contributed by atoms with Crippen LogP contribution in [0.25, 0.3) is 11.3 Å². The van der Waals surface area contributed by atoms with Crippen LogP contribution in [0.3, 0.4) is 0 Å². The number of methoxy groups -OCH3 is 1. The molecule has 0 atom stereocenters. The van der Waals surface area contributed by atoms with E-state index in [9.17, 15) is 0 Å². The topological polar surface area (TPSA) is 59.9 Å². The number of anilines is 1. The highest BCUT2D eigenvalue weighted by Gasteiger charge is 2.15. The number of aromatic nitrogens is 3. The van der Waals surface area contributed by atoms with Gasteiger partial charge in [0.15, 0.2) is 11.6 Å². The summed E-state index contributed by atoms with van der Waals surface area (Å²) in [7, 11) is 1.63. The van der Waals surface area contributed by atoms with Crippen molar-refractivity contribution in [2.75, 3.05) is 19.0 Å². The van der Waals surface area contributed by atoms with Crippen LogP contribution in [-0.4, -0.2) is 28.6 Å². The molecule has 0 amide bonds. The van der Waals surface area contributed by atoms with Crippen molar-refractivity contribution in [1.29, 1.82) is 0 Å². The molecule has 2 aromatic heterocycles. The fraction of sp³-hybridized carbons (Fsp3) is 0.357. The lowest BCUT2D eigenvalue weighted by molar-refractivity contribution is 0.414. The van der Waals surface area contributed by atoms with Crippen molar-refractivity contribution in [3.63, 3.8) is 0 Å². The zero-order chi connectivity index (χ0) is 13.7. The van der Waals surface area contributed by atoms with Crippen LogP contribution in [0, 0.1) is 6.92 Å². The summed E-state index contributed by atoms with van der Waals surface area (Å²) in [6.07, 6.45) is 6.13. The highest BCUT2D eigenvalue weighted by atomic mass is 16.5. The minimum Gasteiger partial charge on any atom is -0.491 e. The van der Waals surface area contributed by atoms with Crippen LogP contribution in [0.2, 0.25) is 0 Å². The fourth-order valence-electron chi connectivity index (χ4n) is 1.84. The first-order valence-corrected chi connectivity index (χ1v) is 6.31. The predicted octanol–water partition coefficient (Wildman–Crippen LogP) is 2.68. The van der Waals surface area contributed by atoms with Gasteiger partial charge in [0.25, 0.3) is 0 Å². The first-order valence-electron chi connectivity index (χ1n) is 6.31. The Morgan fingerprint density at radius 1 is 1.32 bits per heavy atom. The van der Waals surface area contributed by atoms with E-state index < -0.39 is 0 Å². The third kappa shape index (κ3) is 2.81. The van der Waals surface area contributed by atoms with E-state index >= 15 is 0 Å². The number of hydrogen-bond acceptors (Lipinski definition) is 5. The summed E-state index contributed by atoms with van der Waals surface area (Å²) in [6, 6.07) is 1.95. The lowest BCUT2D eigenvalue weighted by atomic mass is 10.1. The van der Waals surface area contributed by atoms with Gasteiger partial charge in [-0.2, -0.15) is 0 Å². The van der Waals surface area contributed by atoms with Crippen molar-refractivity contribution in [3.05, 3.63) is 30.4 Å². The smallest absolute Gasteiger partial charge is 0.187 e. The Bertz CT molecular complexity index is 557. The Kier molecular flexibility index (Phi) is 4.28. The Morgan fingerprint density at radius 2 is 2.16 bits per heavy atom. The standard InChI is InChI=1S/C14H18N4O/c1-4-6-16-14-13(19-3)12(17-9-18-14)11-8-15-7-5-10(11)2/h5,7-9H,4,6H2,1-3H3,(H,16,17,18). The summed E-state index contributed by atoms with van der Waals surface area (Å²) in [5, 5.41) is 3.25. The summed E-state index contributed by atoms with van der Waals surface area (Å²) < 4.78 is 5.47.